The maximum atomic E-state index is 13.8. The second-order valence-electron chi connectivity index (χ2n) is 6.96. The Balaban J connectivity index is 1.89. The Kier molecular flexibility index (Phi) is 6.71. The van der Waals surface area contributed by atoms with Gasteiger partial charge in [0.2, 0.25) is 0 Å². The Hall–Kier alpha value is -2.26. The SMILES string of the molecule is CCOc1cccc(N2C(=O)c3cc(I)ccc3NC2c2cc(Br)ccc2OCC)c1. The van der Waals surface area contributed by atoms with Crippen LogP contribution < -0.4 is 19.7 Å². The van der Waals surface area contributed by atoms with Crippen molar-refractivity contribution in [2.75, 3.05) is 23.4 Å². The summed E-state index contributed by atoms with van der Waals surface area (Å²) in [4.78, 5) is 15.5. The van der Waals surface area contributed by atoms with Crippen LogP contribution in [0.5, 0.6) is 11.5 Å². The zero-order chi connectivity index (χ0) is 22.0. The first-order chi connectivity index (χ1) is 15.0. The molecule has 1 heterocycles. The van der Waals surface area contributed by atoms with Crippen LogP contribution in [-0.4, -0.2) is 19.1 Å². The van der Waals surface area contributed by atoms with Crippen molar-refractivity contribution in [1.29, 1.82) is 0 Å². The molecule has 1 aliphatic heterocycles. The van der Waals surface area contributed by atoms with Gasteiger partial charge in [-0.05, 0) is 85.0 Å². The van der Waals surface area contributed by atoms with Crippen molar-refractivity contribution < 1.29 is 14.3 Å². The molecule has 0 aromatic heterocycles. The molecular weight excluding hydrogens is 571 g/mol. The average Bonchev–Trinajstić information content (AvgIpc) is 2.76. The fourth-order valence-electron chi connectivity index (χ4n) is 3.67. The largest absolute Gasteiger partial charge is 0.494 e. The van der Waals surface area contributed by atoms with Crippen LogP contribution in [0, 0.1) is 3.57 Å². The van der Waals surface area contributed by atoms with Crippen molar-refractivity contribution in [3.05, 3.63) is 79.8 Å². The summed E-state index contributed by atoms with van der Waals surface area (Å²) in [5.74, 6) is 1.38. The average molecular weight is 593 g/mol. The molecule has 31 heavy (non-hydrogen) atoms. The Morgan fingerprint density at radius 2 is 1.84 bits per heavy atom. The Morgan fingerprint density at radius 3 is 2.61 bits per heavy atom. The quantitative estimate of drug-likeness (QED) is 0.327. The molecule has 4 rings (SSSR count). The monoisotopic (exact) mass is 592 g/mol. The first kappa shape index (κ1) is 22.0. The van der Waals surface area contributed by atoms with Gasteiger partial charge in [-0.1, -0.05) is 22.0 Å². The highest BCUT2D eigenvalue weighted by Gasteiger charge is 2.36. The third kappa shape index (κ3) is 4.52. The van der Waals surface area contributed by atoms with Gasteiger partial charge in [0, 0.05) is 25.4 Å². The van der Waals surface area contributed by atoms with Crippen LogP contribution in [0.1, 0.15) is 35.9 Å². The van der Waals surface area contributed by atoms with E-state index in [1.165, 1.54) is 0 Å². The number of carbonyl (C=O) groups excluding carboxylic acids is 1. The maximum absolute atomic E-state index is 13.8. The summed E-state index contributed by atoms with van der Waals surface area (Å²) in [6.07, 6.45) is -0.448. The van der Waals surface area contributed by atoms with E-state index in [-0.39, 0.29) is 5.91 Å². The molecule has 1 aliphatic rings. The molecule has 1 atom stereocenters. The standard InChI is InChI=1S/C24H22BrIN2O3/c1-3-30-18-7-5-6-17(14-18)28-23(20-12-15(25)8-11-22(20)31-4-2)27-21-10-9-16(26)13-19(21)24(28)29/h5-14,23,27H,3-4H2,1-2H3. The van der Waals surface area contributed by atoms with Crippen molar-refractivity contribution in [3.8, 4) is 11.5 Å². The molecule has 0 fully saturated rings. The molecule has 160 valence electrons. The Labute approximate surface area is 204 Å². The molecule has 3 aromatic rings. The number of benzene rings is 3. The number of nitrogens with zero attached hydrogens (tertiary/aromatic N) is 1. The molecule has 0 saturated heterocycles. The molecule has 1 unspecified atom stereocenters. The zero-order valence-electron chi connectivity index (χ0n) is 17.2. The molecule has 5 nitrogen and oxygen atoms in total. The molecule has 0 aliphatic carbocycles. The lowest BCUT2D eigenvalue weighted by molar-refractivity contribution is 0.0974. The van der Waals surface area contributed by atoms with Crippen molar-refractivity contribution >= 4 is 55.8 Å². The first-order valence-electron chi connectivity index (χ1n) is 10.1. The molecule has 0 bridgehead atoms. The van der Waals surface area contributed by atoms with Gasteiger partial charge in [-0.2, -0.15) is 0 Å². The fourth-order valence-corrected chi connectivity index (χ4v) is 4.54. The molecule has 0 saturated carbocycles. The minimum absolute atomic E-state index is 0.0756. The van der Waals surface area contributed by atoms with Crippen LogP contribution in [-0.2, 0) is 0 Å². The van der Waals surface area contributed by atoms with Gasteiger partial charge in [-0.15, -0.1) is 0 Å². The van der Waals surface area contributed by atoms with Gasteiger partial charge in [0.05, 0.1) is 24.5 Å². The highest BCUT2D eigenvalue weighted by atomic mass is 127. The van der Waals surface area contributed by atoms with Gasteiger partial charge in [-0.3, -0.25) is 9.69 Å². The summed E-state index contributed by atoms with van der Waals surface area (Å²) < 4.78 is 13.5. The minimum atomic E-state index is -0.448. The first-order valence-corrected chi connectivity index (χ1v) is 11.9. The number of rotatable bonds is 6. The third-order valence-corrected chi connectivity index (χ3v) is 6.12. The number of hydrogen-bond acceptors (Lipinski definition) is 4. The molecule has 0 spiro atoms. The van der Waals surface area contributed by atoms with E-state index in [0.29, 0.717) is 18.8 Å². The van der Waals surface area contributed by atoms with Gasteiger partial charge in [0.25, 0.3) is 5.91 Å². The van der Waals surface area contributed by atoms with Crippen molar-refractivity contribution in [1.82, 2.24) is 0 Å². The van der Waals surface area contributed by atoms with E-state index in [0.717, 1.165) is 36.5 Å². The van der Waals surface area contributed by atoms with Gasteiger partial charge >= 0.3 is 0 Å². The van der Waals surface area contributed by atoms with Crippen LogP contribution in [0.4, 0.5) is 11.4 Å². The second kappa shape index (κ2) is 9.48. The summed E-state index contributed by atoms with van der Waals surface area (Å²) in [5, 5.41) is 3.56. The summed E-state index contributed by atoms with van der Waals surface area (Å²) in [7, 11) is 0. The van der Waals surface area contributed by atoms with Crippen molar-refractivity contribution in [2.45, 2.75) is 20.0 Å². The summed E-state index contributed by atoms with van der Waals surface area (Å²) in [5.41, 5.74) is 3.06. The van der Waals surface area contributed by atoms with Crippen molar-refractivity contribution in [3.63, 3.8) is 0 Å². The lowest BCUT2D eigenvalue weighted by Gasteiger charge is -2.39. The number of halogens is 2. The Morgan fingerprint density at radius 1 is 1.03 bits per heavy atom. The lowest BCUT2D eigenvalue weighted by Crippen LogP contribution is -2.43. The normalized spacial score (nSPS) is 15.3. The molecular formula is C24H22BrIN2O3. The predicted molar refractivity (Wildman–Crippen MR) is 135 cm³/mol. The number of fused-ring (bicyclic) bond motifs is 1. The number of ether oxygens (including phenoxy) is 2. The molecule has 7 heteroatoms. The third-order valence-electron chi connectivity index (χ3n) is 4.95. The molecule has 1 amide bonds. The predicted octanol–water partition coefficient (Wildman–Crippen LogP) is 6.62. The molecule has 3 aromatic carbocycles. The summed E-state index contributed by atoms with van der Waals surface area (Å²) >= 11 is 5.80. The number of nitrogens with one attached hydrogen (secondary N) is 1. The summed E-state index contributed by atoms with van der Waals surface area (Å²) in [6.45, 7) is 4.98. The van der Waals surface area contributed by atoms with Crippen molar-refractivity contribution in [2.24, 2.45) is 0 Å². The van der Waals surface area contributed by atoms with Gasteiger partial charge in [0.15, 0.2) is 0 Å². The van der Waals surface area contributed by atoms with E-state index in [1.807, 2.05) is 74.5 Å². The number of amides is 1. The van der Waals surface area contributed by atoms with E-state index in [9.17, 15) is 4.79 Å². The molecule has 0 radical (unpaired) electrons. The van der Waals surface area contributed by atoms with Gasteiger partial charge < -0.3 is 14.8 Å². The van der Waals surface area contributed by atoms with E-state index in [4.69, 9.17) is 9.47 Å². The van der Waals surface area contributed by atoms with E-state index < -0.39 is 6.17 Å². The smallest absolute Gasteiger partial charge is 0.262 e. The number of carbonyl (C=O) groups is 1. The Bertz CT molecular complexity index is 1120. The topological polar surface area (TPSA) is 50.8 Å². The highest BCUT2D eigenvalue weighted by Crippen LogP contribution is 2.41. The van der Waals surface area contributed by atoms with Crippen LogP contribution in [0.15, 0.2) is 65.1 Å². The maximum Gasteiger partial charge on any atom is 0.262 e. The lowest BCUT2D eigenvalue weighted by atomic mass is 10.0. The second-order valence-corrected chi connectivity index (χ2v) is 9.12. The summed E-state index contributed by atoms with van der Waals surface area (Å²) in [6, 6.07) is 19.3. The van der Waals surface area contributed by atoms with E-state index in [2.05, 4.69) is 43.8 Å². The van der Waals surface area contributed by atoms with Crippen LogP contribution in [0.2, 0.25) is 0 Å². The van der Waals surface area contributed by atoms with Crippen LogP contribution in [0.3, 0.4) is 0 Å². The molecule has 1 N–H and O–H groups in total. The fraction of sp³-hybridized carbons (Fsp3) is 0.208. The van der Waals surface area contributed by atoms with Gasteiger partial charge in [-0.25, -0.2) is 0 Å². The minimum Gasteiger partial charge on any atom is -0.494 e. The highest BCUT2D eigenvalue weighted by molar-refractivity contribution is 14.1. The van der Waals surface area contributed by atoms with Crippen LogP contribution >= 0.6 is 38.5 Å². The number of hydrogen-bond donors (Lipinski definition) is 1. The van der Waals surface area contributed by atoms with Crippen LogP contribution in [0.25, 0.3) is 0 Å². The van der Waals surface area contributed by atoms with E-state index >= 15 is 0 Å². The van der Waals surface area contributed by atoms with E-state index in [1.54, 1.807) is 4.90 Å². The zero-order valence-corrected chi connectivity index (χ0v) is 20.9. The number of anilines is 2. The van der Waals surface area contributed by atoms with Gasteiger partial charge in [0.1, 0.15) is 17.7 Å².